The molecule has 0 amide bonds. The molecule has 2 aromatic rings. The van der Waals surface area contributed by atoms with Crippen LogP contribution in [0.5, 0.6) is 23.0 Å². The maximum atomic E-state index is 8.95. The highest BCUT2D eigenvalue weighted by Gasteiger charge is 2.08. The van der Waals surface area contributed by atoms with E-state index in [1.165, 1.54) is 6.07 Å². The van der Waals surface area contributed by atoms with Crippen LogP contribution in [-0.2, 0) is 0 Å². The predicted octanol–water partition coefficient (Wildman–Crippen LogP) is 5.57. The van der Waals surface area contributed by atoms with Crippen molar-refractivity contribution in [2.75, 3.05) is 13.2 Å². The number of rotatable bonds is 6. The topological polar surface area (TPSA) is 58.9 Å². The number of hydrogen-bond acceptors (Lipinski definition) is 4. The van der Waals surface area contributed by atoms with E-state index >= 15 is 0 Å². The van der Waals surface area contributed by atoms with Crippen LogP contribution in [0.2, 0.25) is 0 Å². The number of phenols is 2. The second-order valence-corrected chi connectivity index (χ2v) is 7.20. The van der Waals surface area contributed by atoms with E-state index in [0.29, 0.717) is 3.57 Å². The van der Waals surface area contributed by atoms with Gasteiger partial charge in [0.05, 0.1) is 20.4 Å². The van der Waals surface area contributed by atoms with Gasteiger partial charge in [-0.1, -0.05) is 26.0 Å². The Morgan fingerprint density at radius 3 is 2.00 bits per heavy atom. The molecule has 0 aliphatic carbocycles. The molecule has 6 heteroatoms. The number of para-hydroxylation sites is 2. The van der Waals surface area contributed by atoms with Crippen LogP contribution in [0.3, 0.4) is 0 Å². The second kappa shape index (κ2) is 11.6. The maximum absolute atomic E-state index is 8.95. The molecule has 0 spiro atoms. The van der Waals surface area contributed by atoms with Gasteiger partial charge < -0.3 is 19.7 Å². The molecule has 2 rings (SSSR count). The van der Waals surface area contributed by atoms with Crippen LogP contribution in [0.1, 0.15) is 26.7 Å². The largest absolute Gasteiger partial charge is 0.504 e. The summed E-state index contributed by atoms with van der Waals surface area (Å²) in [6.07, 6.45) is 2.02. The molecule has 0 heterocycles. The van der Waals surface area contributed by atoms with Gasteiger partial charge >= 0.3 is 0 Å². The SMILES string of the molecule is CCCOc1cccc(I)c1OCCC.Oc1cccc(I)c1O. The Bertz CT molecular complexity index is 612. The van der Waals surface area contributed by atoms with Gasteiger partial charge in [-0.2, -0.15) is 0 Å². The van der Waals surface area contributed by atoms with Crippen LogP contribution in [0.15, 0.2) is 36.4 Å². The Labute approximate surface area is 170 Å². The fraction of sp³-hybridized carbons (Fsp3) is 0.333. The third kappa shape index (κ3) is 6.92. The van der Waals surface area contributed by atoms with Crippen molar-refractivity contribution in [1.29, 1.82) is 0 Å². The van der Waals surface area contributed by atoms with E-state index in [0.717, 1.165) is 41.1 Å². The van der Waals surface area contributed by atoms with E-state index < -0.39 is 0 Å². The molecule has 132 valence electrons. The Kier molecular flexibility index (Phi) is 10.2. The lowest BCUT2D eigenvalue weighted by Gasteiger charge is -2.13. The van der Waals surface area contributed by atoms with E-state index in [4.69, 9.17) is 19.7 Å². The molecular weight excluding hydrogens is 534 g/mol. The van der Waals surface area contributed by atoms with Crippen molar-refractivity contribution in [1.82, 2.24) is 0 Å². The van der Waals surface area contributed by atoms with Crippen molar-refractivity contribution in [2.45, 2.75) is 26.7 Å². The van der Waals surface area contributed by atoms with Crippen molar-refractivity contribution in [3.8, 4) is 23.0 Å². The summed E-state index contributed by atoms with van der Waals surface area (Å²) in [7, 11) is 0. The smallest absolute Gasteiger partial charge is 0.174 e. The number of aromatic hydroxyl groups is 2. The zero-order chi connectivity index (χ0) is 17.9. The van der Waals surface area contributed by atoms with Crippen molar-refractivity contribution >= 4 is 45.2 Å². The van der Waals surface area contributed by atoms with Gasteiger partial charge in [0.15, 0.2) is 23.0 Å². The van der Waals surface area contributed by atoms with Gasteiger partial charge in [-0.05, 0) is 82.3 Å². The van der Waals surface area contributed by atoms with Crippen molar-refractivity contribution < 1.29 is 19.7 Å². The molecule has 4 nitrogen and oxygen atoms in total. The Hall–Kier alpha value is -0.900. The second-order valence-electron chi connectivity index (χ2n) is 4.87. The molecule has 0 aliphatic heterocycles. The highest BCUT2D eigenvalue weighted by molar-refractivity contribution is 14.1. The Balaban J connectivity index is 0.000000272. The molecular formula is C18H22I2O4. The van der Waals surface area contributed by atoms with E-state index in [2.05, 4.69) is 36.4 Å². The molecule has 0 atom stereocenters. The minimum absolute atomic E-state index is 0.0434. The van der Waals surface area contributed by atoms with Gasteiger partial charge in [0, 0.05) is 0 Å². The number of hydrogen-bond donors (Lipinski definition) is 2. The third-order valence-electron chi connectivity index (χ3n) is 2.81. The van der Waals surface area contributed by atoms with Crippen molar-refractivity contribution in [2.24, 2.45) is 0 Å². The van der Waals surface area contributed by atoms with Crippen molar-refractivity contribution in [3.63, 3.8) is 0 Å². The first-order chi connectivity index (χ1) is 11.5. The first-order valence-electron chi connectivity index (χ1n) is 7.71. The van der Waals surface area contributed by atoms with Gasteiger partial charge in [0.1, 0.15) is 0 Å². The van der Waals surface area contributed by atoms with Crippen LogP contribution in [0.25, 0.3) is 0 Å². The zero-order valence-electron chi connectivity index (χ0n) is 13.8. The monoisotopic (exact) mass is 556 g/mol. The molecule has 0 aliphatic rings. The van der Waals surface area contributed by atoms with Crippen molar-refractivity contribution in [3.05, 3.63) is 43.5 Å². The molecule has 0 saturated carbocycles. The summed E-state index contributed by atoms with van der Waals surface area (Å²) in [5, 5.41) is 17.8. The first kappa shape index (κ1) is 21.1. The van der Waals surface area contributed by atoms with E-state index in [1.807, 2.05) is 40.8 Å². The minimum atomic E-state index is -0.0677. The summed E-state index contributed by atoms with van der Waals surface area (Å²) in [4.78, 5) is 0. The third-order valence-corrected chi connectivity index (χ3v) is 4.53. The summed E-state index contributed by atoms with van der Waals surface area (Å²) >= 11 is 4.21. The molecule has 0 saturated heterocycles. The summed E-state index contributed by atoms with van der Waals surface area (Å²) in [6.45, 7) is 5.67. The first-order valence-corrected chi connectivity index (χ1v) is 9.87. The molecule has 0 aromatic heterocycles. The van der Waals surface area contributed by atoms with Gasteiger partial charge in [0.25, 0.3) is 0 Å². The molecule has 2 aromatic carbocycles. The molecule has 24 heavy (non-hydrogen) atoms. The van der Waals surface area contributed by atoms with E-state index in [-0.39, 0.29) is 11.5 Å². The van der Waals surface area contributed by atoms with Crippen LogP contribution in [-0.4, -0.2) is 23.4 Å². The normalized spacial score (nSPS) is 9.83. The standard InChI is InChI=1S/C12H17IO2.C6H5IO2/c1-3-8-14-11-7-5-6-10(13)12(11)15-9-4-2;7-4-2-1-3-5(8)6(4)9/h5-7H,3-4,8-9H2,1-2H3;1-3,8-9H. The summed E-state index contributed by atoms with van der Waals surface area (Å²) in [5.41, 5.74) is 0. The fourth-order valence-electron chi connectivity index (χ4n) is 1.66. The quantitative estimate of drug-likeness (QED) is 0.361. The molecule has 0 unspecified atom stereocenters. The average molecular weight is 556 g/mol. The Morgan fingerprint density at radius 2 is 1.42 bits per heavy atom. The highest BCUT2D eigenvalue weighted by Crippen LogP contribution is 2.32. The molecule has 0 fully saturated rings. The number of halogens is 2. The summed E-state index contributed by atoms with van der Waals surface area (Å²) in [5.74, 6) is 1.63. The predicted molar refractivity (Wildman–Crippen MR) is 113 cm³/mol. The number of phenolic OH excluding ortho intramolecular Hbond substituents is 2. The lowest BCUT2D eigenvalue weighted by atomic mass is 10.3. The van der Waals surface area contributed by atoms with Gasteiger partial charge in [-0.3, -0.25) is 0 Å². The molecule has 0 radical (unpaired) electrons. The number of benzene rings is 2. The van der Waals surface area contributed by atoms with Crippen LogP contribution < -0.4 is 9.47 Å². The van der Waals surface area contributed by atoms with Crippen LogP contribution in [0, 0.1) is 7.14 Å². The van der Waals surface area contributed by atoms with E-state index in [1.54, 1.807) is 12.1 Å². The van der Waals surface area contributed by atoms with Gasteiger partial charge in [-0.25, -0.2) is 0 Å². The zero-order valence-corrected chi connectivity index (χ0v) is 18.1. The fourth-order valence-corrected chi connectivity index (χ4v) is 2.78. The average Bonchev–Trinajstić information content (AvgIpc) is 2.57. The molecule has 0 bridgehead atoms. The van der Waals surface area contributed by atoms with Gasteiger partial charge in [0.2, 0.25) is 0 Å². The van der Waals surface area contributed by atoms with E-state index in [9.17, 15) is 0 Å². The maximum Gasteiger partial charge on any atom is 0.174 e. The van der Waals surface area contributed by atoms with Crippen LogP contribution >= 0.6 is 45.2 Å². The highest BCUT2D eigenvalue weighted by atomic mass is 127. The molecule has 2 N–H and O–H groups in total. The lowest BCUT2D eigenvalue weighted by molar-refractivity contribution is 0.267. The Morgan fingerprint density at radius 1 is 0.833 bits per heavy atom. The van der Waals surface area contributed by atoms with Crippen LogP contribution in [0.4, 0.5) is 0 Å². The number of ether oxygens (including phenoxy) is 2. The lowest BCUT2D eigenvalue weighted by Crippen LogP contribution is -2.02. The minimum Gasteiger partial charge on any atom is -0.504 e. The summed E-state index contributed by atoms with van der Waals surface area (Å²) < 4.78 is 13.1. The summed E-state index contributed by atoms with van der Waals surface area (Å²) in [6, 6.07) is 10.8. The van der Waals surface area contributed by atoms with Gasteiger partial charge in [-0.15, -0.1) is 0 Å².